The van der Waals surface area contributed by atoms with E-state index in [0.717, 1.165) is 67.4 Å². The molecule has 5 rings (SSSR count). The minimum absolute atomic E-state index is 0.140. The summed E-state index contributed by atoms with van der Waals surface area (Å²) in [6.07, 6.45) is 7.47. The zero-order valence-corrected chi connectivity index (χ0v) is 18.9. The predicted molar refractivity (Wildman–Crippen MR) is 123 cm³/mol. The highest BCUT2D eigenvalue weighted by molar-refractivity contribution is 5.95. The maximum Gasteiger partial charge on any atom is 0.228 e. The van der Waals surface area contributed by atoms with Gasteiger partial charge in [0.1, 0.15) is 11.6 Å². The molecule has 0 bridgehead atoms. The second kappa shape index (κ2) is 8.82. The number of likely N-dealkylation sites (tertiary alicyclic amines) is 1. The highest BCUT2D eigenvalue weighted by atomic mass is 16.2. The molecule has 2 aromatic heterocycles. The largest absolute Gasteiger partial charge is 0.292 e. The minimum atomic E-state index is 0.140. The zero-order chi connectivity index (χ0) is 22.1. The van der Waals surface area contributed by atoms with Crippen LogP contribution in [0.3, 0.4) is 0 Å². The molecule has 1 atom stereocenters. The number of amides is 1. The van der Waals surface area contributed by atoms with Crippen LogP contribution in [0.25, 0.3) is 0 Å². The van der Waals surface area contributed by atoms with E-state index in [-0.39, 0.29) is 11.9 Å². The zero-order valence-electron chi connectivity index (χ0n) is 18.9. The van der Waals surface area contributed by atoms with E-state index in [4.69, 9.17) is 9.97 Å². The summed E-state index contributed by atoms with van der Waals surface area (Å²) in [5, 5.41) is 4.42. The molecular weight excluding hydrogens is 400 g/mol. The van der Waals surface area contributed by atoms with Gasteiger partial charge in [-0.2, -0.15) is 5.10 Å². The number of hydrogen-bond donors (Lipinski definition) is 0. The van der Waals surface area contributed by atoms with Crippen LogP contribution in [0.5, 0.6) is 0 Å². The third-order valence-electron chi connectivity index (χ3n) is 6.60. The number of aryl methyl sites for hydroxylation is 2. The predicted octanol–water partition coefficient (Wildman–Crippen LogP) is 3.82. The number of anilines is 1. The SMILES string of the molecule is CCn1cc(CN2CCCC2c2nc(C)c3c(n2)N(Cc2ccccc2)C(=O)CC3)cn1. The Kier molecular flexibility index (Phi) is 5.74. The fraction of sp³-hybridized carbons (Fsp3) is 0.440. The minimum Gasteiger partial charge on any atom is -0.292 e. The average molecular weight is 431 g/mol. The lowest BCUT2D eigenvalue weighted by atomic mass is 10.0. The number of nitrogens with zero attached hydrogens (tertiary/aromatic N) is 6. The molecule has 1 unspecified atom stereocenters. The van der Waals surface area contributed by atoms with Gasteiger partial charge in [-0.3, -0.25) is 19.3 Å². The summed E-state index contributed by atoms with van der Waals surface area (Å²) in [4.78, 5) is 27.2. The molecule has 3 aromatic rings. The first kappa shape index (κ1) is 20.8. The van der Waals surface area contributed by atoms with Crippen LogP contribution < -0.4 is 4.90 Å². The van der Waals surface area contributed by atoms with Crippen LogP contribution >= 0.6 is 0 Å². The van der Waals surface area contributed by atoms with E-state index in [1.54, 1.807) is 0 Å². The third kappa shape index (κ3) is 4.05. The van der Waals surface area contributed by atoms with Gasteiger partial charge in [0.2, 0.25) is 5.91 Å². The number of fused-ring (bicyclic) bond motifs is 1. The number of rotatable bonds is 6. The molecule has 7 heteroatoms. The molecule has 2 aliphatic rings. The van der Waals surface area contributed by atoms with Crippen molar-refractivity contribution in [1.29, 1.82) is 0 Å². The number of hydrogen-bond acceptors (Lipinski definition) is 5. The van der Waals surface area contributed by atoms with Gasteiger partial charge < -0.3 is 0 Å². The summed E-state index contributed by atoms with van der Waals surface area (Å²) in [5.74, 6) is 1.79. The molecule has 0 aliphatic carbocycles. The maximum absolute atomic E-state index is 12.9. The molecule has 0 saturated carbocycles. The van der Waals surface area contributed by atoms with Crippen molar-refractivity contribution in [2.45, 2.75) is 65.2 Å². The Morgan fingerprint density at radius 3 is 2.69 bits per heavy atom. The van der Waals surface area contributed by atoms with Crippen LogP contribution in [0.2, 0.25) is 0 Å². The van der Waals surface area contributed by atoms with Crippen molar-refractivity contribution in [1.82, 2.24) is 24.6 Å². The Hall–Kier alpha value is -3.06. The van der Waals surface area contributed by atoms with Crippen LogP contribution in [0.1, 0.15) is 60.4 Å². The van der Waals surface area contributed by atoms with Gasteiger partial charge in [-0.25, -0.2) is 9.97 Å². The molecule has 1 fully saturated rings. The second-order valence-electron chi connectivity index (χ2n) is 8.77. The van der Waals surface area contributed by atoms with E-state index in [1.165, 1.54) is 5.56 Å². The molecule has 1 amide bonds. The Balaban J connectivity index is 1.45. The first-order chi connectivity index (χ1) is 15.6. The quantitative estimate of drug-likeness (QED) is 0.595. The lowest BCUT2D eigenvalue weighted by Gasteiger charge is -2.31. The van der Waals surface area contributed by atoms with Gasteiger partial charge >= 0.3 is 0 Å². The van der Waals surface area contributed by atoms with E-state index in [2.05, 4.69) is 42.2 Å². The van der Waals surface area contributed by atoms with Gasteiger partial charge in [0.05, 0.1) is 18.8 Å². The number of carbonyl (C=O) groups excluding carboxylic acids is 1. The fourth-order valence-electron chi connectivity index (χ4n) is 4.88. The van der Waals surface area contributed by atoms with Gasteiger partial charge in [0.15, 0.2) is 0 Å². The van der Waals surface area contributed by atoms with Crippen molar-refractivity contribution in [2.24, 2.45) is 0 Å². The van der Waals surface area contributed by atoms with Crippen molar-refractivity contribution in [2.75, 3.05) is 11.4 Å². The van der Waals surface area contributed by atoms with Crippen LogP contribution in [0, 0.1) is 6.92 Å². The van der Waals surface area contributed by atoms with E-state index in [9.17, 15) is 4.79 Å². The summed E-state index contributed by atoms with van der Waals surface area (Å²) >= 11 is 0. The van der Waals surface area contributed by atoms with Crippen LogP contribution in [-0.2, 0) is 30.8 Å². The van der Waals surface area contributed by atoms with Crippen LogP contribution in [-0.4, -0.2) is 37.1 Å². The van der Waals surface area contributed by atoms with Crippen LogP contribution in [0.15, 0.2) is 42.7 Å². The molecular formula is C25H30N6O. The van der Waals surface area contributed by atoms with E-state index in [1.807, 2.05) is 34.0 Å². The van der Waals surface area contributed by atoms with Crippen LogP contribution in [0.4, 0.5) is 5.82 Å². The van der Waals surface area contributed by atoms with Gasteiger partial charge in [-0.05, 0) is 45.2 Å². The lowest BCUT2D eigenvalue weighted by molar-refractivity contribution is -0.119. The van der Waals surface area contributed by atoms with Crippen molar-refractivity contribution < 1.29 is 4.79 Å². The van der Waals surface area contributed by atoms with Gasteiger partial charge in [-0.15, -0.1) is 0 Å². The lowest BCUT2D eigenvalue weighted by Crippen LogP contribution is -2.37. The number of carbonyl (C=O) groups is 1. The Bertz CT molecular complexity index is 1110. The summed E-state index contributed by atoms with van der Waals surface area (Å²) in [7, 11) is 0. The summed E-state index contributed by atoms with van der Waals surface area (Å²) in [5.41, 5.74) is 4.44. The van der Waals surface area contributed by atoms with Crippen molar-refractivity contribution >= 4 is 11.7 Å². The third-order valence-corrected chi connectivity index (χ3v) is 6.60. The highest BCUT2D eigenvalue weighted by Gasteiger charge is 2.33. The average Bonchev–Trinajstić information content (AvgIpc) is 3.46. The summed E-state index contributed by atoms with van der Waals surface area (Å²) < 4.78 is 1.97. The van der Waals surface area contributed by atoms with Crippen molar-refractivity contribution in [3.8, 4) is 0 Å². The Morgan fingerprint density at radius 1 is 1.06 bits per heavy atom. The molecule has 166 valence electrons. The Labute approximate surface area is 189 Å². The first-order valence-electron chi connectivity index (χ1n) is 11.6. The fourth-order valence-corrected chi connectivity index (χ4v) is 4.88. The molecule has 0 spiro atoms. The topological polar surface area (TPSA) is 67.2 Å². The van der Waals surface area contributed by atoms with E-state index >= 15 is 0 Å². The number of aromatic nitrogens is 4. The van der Waals surface area contributed by atoms with E-state index < -0.39 is 0 Å². The van der Waals surface area contributed by atoms with E-state index in [0.29, 0.717) is 13.0 Å². The second-order valence-corrected chi connectivity index (χ2v) is 8.77. The standard InChI is InChI=1S/C25H30N6O/c1-3-30-16-20(14-26-30)15-29-13-7-10-22(29)24-27-18(2)21-11-12-23(32)31(25(21)28-24)17-19-8-5-4-6-9-19/h4-6,8-9,14,16,22H,3,7,10-13,15,17H2,1-2H3. The van der Waals surface area contributed by atoms with Gasteiger partial charge in [0, 0.05) is 42.5 Å². The van der Waals surface area contributed by atoms with Crippen molar-refractivity contribution in [3.63, 3.8) is 0 Å². The normalized spacial score (nSPS) is 18.9. The molecule has 2 aliphatic heterocycles. The summed E-state index contributed by atoms with van der Waals surface area (Å²) in [6.45, 7) is 7.45. The molecule has 4 heterocycles. The number of benzene rings is 1. The van der Waals surface area contributed by atoms with Gasteiger partial charge in [-0.1, -0.05) is 30.3 Å². The monoisotopic (exact) mass is 430 g/mol. The molecule has 7 nitrogen and oxygen atoms in total. The molecule has 0 N–H and O–H groups in total. The van der Waals surface area contributed by atoms with Crippen molar-refractivity contribution in [3.05, 3.63) is 70.9 Å². The molecule has 1 saturated heterocycles. The highest BCUT2D eigenvalue weighted by Crippen LogP contribution is 2.35. The first-order valence-corrected chi connectivity index (χ1v) is 11.6. The Morgan fingerprint density at radius 2 is 1.91 bits per heavy atom. The molecule has 1 aromatic carbocycles. The summed E-state index contributed by atoms with van der Waals surface area (Å²) in [6, 6.07) is 10.3. The smallest absolute Gasteiger partial charge is 0.228 e. The molecule has 0 radical (unpaired) electrons. The maximum atomic E-state index is 12.9. The van der Waals surface area contributed by atoms with Gasteiger partial charge in [0.25, 0.3) is 0 Å². The molecule has 32 heavy (non-hydrogen) atoms.